The number of sulfone groups is 1. The number of carbonyl (C=O) groups is 2. The van der Waals surface area contributed by atoms with Crippen LogP contribution in [0.5, 0.6) is 11.5 Å². The fourth-order valence-electron chi connectivity index (χ4n) is 3.42. The number of nitrogens with two attached hydrogens (primary N) is 1. The number of ether oxygens (including phenoxy) is 2. The van der Waals surface area contributed by atoms with Crippen LogP contribution in [0, 0.1) is 0 Å². The van der Waals surface area contributed by atoms with Crippen LogP contribution >= 0.6 is 0 Å². The number of fused-ring (bicyclic) bond motifs is 1. The molecule has 2 N–H and O–H groups in total. The number of rotatable bonds is 5. The van der Waals surface area contributed by atoms with Gasteiger partial charge in [0.25, 0.3) is 0 Å². The van der Waals surface area contributed by atoms with Crippen LogP contribution in [0.15, 0.2) is 48.5 Å². The largest absolute Gasteiger partial charge is 0.414 e. The third kappa shape index (κ3) is 5.18. The van der Waals surface area contributed by atoms with Crippen molar-refractivity contribution in [2.75, 3.05) is 34.1 Å². The summed E-state index contributed by atoms with van der Waals surface area (Å²) in [4.78, 5) is 27.2. The molecule has 0 bridgehead atoms. The van der Waals surface area contributed by atoms with E-state index in [1.165, 1.54) is 44.1 Å². The third-order valence-electron chi connectivity index (χ3n) is 5.17. The van der Waals surface area contributed by atoms with E-state index in [4.69, 9.17) is 15.2 Å². The van der Waals surface area contributed by atoms with Gasteiger partial charge in [0, 0.05) is 45.2 Å². The van der Waals surface area contributed by atoms with Crippen molar-refractivity contribution in [3.63, 3.8) is 0 Å². The smallest absolute Gasteiger partial charge is 0.406 e. The van der Waals surface area contributed by atoms with Crippen LogP contribution in [-0.2, 0) is 16.3 Å². The first-order chi connectivity index (χ1) is 15.5. The van der Waals surface area contributed by atoms with Crippen LogP contribution in [0.1, 0.15) is 22.6 Å². The Labute approximate surface area is 193 Å². The highest BCUT2D eigenvalue weighted by Crippen LogP contribution is 2.45. The Morgan fingerprint density at radius 1 is 0.970 bits per heavy atom. The van der Waals surface area contributed by atoms with Crippen molar-refractivity contribution >= 4 is 26.9 Å². The number of amides is 2. The number of hydrogen-bond donors (Lipinski definition) is 1. The molecule has 0 radical (unpaired) electrons. The van der Waals surface area contributed by atoms with E-state index in [0.717, 1.165) is 5.56 Å². The second kappa shape index (κ2) is 9.63. The maximum absolute atomic E-state index is 12.9. The Morgan fingerprint density at radius 3 is 2.15 bits per heavy atom. The van der Waals surface area contributed by atoms with Crippen molar-refractivity contribution in [2.24, 2.45) is 5.73 Å². The maximum atomic E-state index is 12.9. The number of benzene rings is 2. The minimum atomic E-state index is -3.81. The van der Waals surface area contributed by atoms with Crippen LogP contribution in [-0.4, -0.2) is 64.5 Å². The van der Waals surface area contributed by atoms with Gasteiger partial charge in [-0.15, -0.1) is 0 Å². The average molecular weight is 474 g/mol. The van der Waals surface area contributed by atoms with E-state index in [9.17, 15) is 18.0 Å². The van der Waals surface area contributed by atoms with Crippen molar-refractivity contribution in [3.05, 3.63) is 65.2 Å². The molecule has 1 aliphatic rings. The summed E-state index contributed by atoms with van der Waals surface area (Å²) < 4.78 is 36.8. The molecule has 0 aromatic heterocycles. The SMILES string of the molecule is CN(C)C(=O)Oc1ccc2c(c1OC(=O)N(C)C)CC(c1ccccc1)C=C2S(=O)(=O)CN. The molecule has 2 aromatic carbocycles. The summed E-state index contributed by atoms with van der Waals surface area (Å²) in [7, 11) is 2.25. The van der Waals surface area contributed by atoms with Crippen molar-refractivity contribution in [1.82, 2.24) is 9.80 Å². The first-order valence-corrected chi connectivity index (χ1v) is 11.8. The molecule has 0 saturated heterocycles. The second-order valence-corrected chi connectivity index (χ2v) is 9.98. The summed E-state index contributed by atoms with van der Waals surface area (Å²) in [5.41, 5.74) is 7.26. The van der Waals surface area contributed by atoms with Crippen LogP contribution in [0.4, 0.5) is 9.59 Å². The normalized spacial score (nSPS) is 15.2. The molecule has 10 heteroatoms. The molecule has 1 atom stereocenters. The first kappa shape index (κ1) is 24.3. The molecular formula is C23H27N3O6S. The van der Waals surface area contributed by atoms with Gasteiger partial charge < -0.3 is 25.0 Å². The van der Waals surface area contributed by atoms with Crippen LogP contribution in [0.25, 0.3) is 4.91 Å². The highest BCUT2D eigenvalue weighted by Gasteiger charge is 2.33. The molecule has 2 amide bonds. The van der Waals surface area contributed by atoms with Crippen LogP contribution < -0.4 is 15.2 Å². The summed E-state index contributed by atoms with van der Waals surface area (Å²) in [6.45, 7) is 0. The van der Waals surface area contributed by atoms with E-state index in [1.807, 2.05) is 30.3 Å². The lowest BCUT2D eigenvalue weighted by atomic mass is 9.84. The summed E-state index contributed by atoms with van der Waals surface area (Å²) in [6, 6.07) is 12.3. The molecule has 0 saturated carbocycles. The van der Waals surface area contributed by atoms with E-state index in [1.54, 1.807) is 12.1 Å². The Bertz CT molecular complexity index is 1190. The lowest BCUT2D eigenvalue weighted by Crippen LogP contribution is -2.29. The number of nitrogens with zero attached hydrogens (tertiary/aromatic N) is 2. The summed E-state index contributed by atoms with van der Waals surface area (Å²) in [5, 5.41) is 0. The van der Waals surface area contributed by atoms with Gasteiger partial charge in [0.15, 0.2) is 21.3 Å². The molecule has 176 valence electrons. The molecule has 0 fully saturated rings. The highest BCUT2D eigenvalue weighted by molar-refractivity contribution is 8.00. The van der Waals surface area contributed by atoms with Gasteiger partial charge in [0.2, 0.25) is 0 Å². The Hall–Kier alpha value is -3.37. The zero-order valence-corrected chi connectivity index (χ0v) is 19.8. The van der Waals surface area contributed by atoms with Crippen molar-refractivity contribution in [3.8, 4) is 11.5 Å². The maximum Gasteiger partial charge on any atom is 0.414 e. The standard InChI is InChI=1S/C23H27N3O6S/c1-25(2)22(27)31-19-11-10-17-18(21(19)32-23(28)26(3)4)12-16(15-8-6-5-7-9-15)13-20(17)33(29,30)14-24/h5-11,13,16H,12,14,24H2,1-4H3. The third-order valence-corrected chi connectivity index (χ3v) is 6.63. The number of carbonyl (C=O) groups excluding carboxylic acids is 2. The minimum Gasteiger partial charge on any atom is -0.406 e. The Morgan fingerprint density at radius 2 is 1.58 bits per heavy atom. The van der Waals surface area contributed by atoms with E-state index >= 15 is 0 Å². The van der Waals surface area contributed by atoms with E-state index < -0.39 is 27.9 Å². The molecule has 0 spiro atoms. The number of hydrogen-bond acceptors (Lipinski definition) is 7. The van der Waals surface area contributed by atoms with E-state index in [0.29, 0.717) is 17.5 Å². The van der Waals surface area contributed by atoms with E-state index in [-0.39, 0.29) is 22.3 Å². The second-order valence-electron chi connectivity index (χ2n) is 7.98. The molecule has 0 heterocycles. The fourth-order valence-corrected chi connectivity index (χ4v) is 4.50. The predicted octanol–water partition coefficient (Wildman–Crippen LogP) is 2.82. The van der Waals surface area contributed by atoms with Gasteiger partial charge in [0.1, 0.15) is 5.88 Å². The zero-order valence-electron chi connectivity index (χ0n) is 18.9. The monoisotopic (exact) mass is 473 g/mol. The van der Waals surface area contributed by atoms with Gasteiger partial charge in [0.05, 0.1) is 4.91 Å². The Balaban J connectivity index is 2.24. The van der Waals surface area contributed by atoms with Gasteiger partial charge in [-0.05, 0) is 24.1 Å². The molecule has 9 nitrogen and oxygen atoms in total. The molecule has 2 aromatic rings. The summed E-state index contributed by atoms with van der Waals surface area (Å²) in [5.74, 6) is -0.892. The Kier molecular flexibility index (Phi) is 7.09. The minimum absolute atomic E-state index is 0.000141. The van der Waals surface area contributed by atoms with Gasteiger partial charge in [-0.1, -0.05) is 36.4 Å². The summed E-state index contributed by atoms with van der Waals surface area (Å²) in [6.07, 6.45) is 0.632. The first-order valence-electron chi connectivity index (χ1n) is 10.2. The fraction of sp³-hybridized carbons (Fsp3) is 0.304. The van der Waals surface area contributed by atoms with Crippen molar-refractivity contribution in [1.29, 1.82) is 0 Å². The quantitative estimate of drug-likeness (QED) is 0.709. The van der Waals surface area contributed by atoms with Crippen molar-refractivity contribution < 1.29 is 27.5 Å². The molecule has 3 rings (SSSR count). The predicted molar refractivity (Wildman–Crippen MR) is 125 cm³/mol. The topological polar surface area (TPSA) is 119 Å². The lowest BCUT2D eigenvalue weighted by Gasteiger charge is -2.27. The molecule has 33 heavy (non-hydrogen) atoms. The zero-order chi connectivity index (χ0) is 24.3. The molecular weight excluding hydrogens is 446 g/mol. The molecule has 1 aliphatic carbocycles. The van der Waals surface area contributed by atoms with Gasteiger partial charge >= 0.3 is 12.2 Å². The number of allylic oxidation sites excluding steroid dienone is 1. The highest BCUT2D eigenvalue weighted by atomic mass is 32.2. The van der Waals surface area contributed by atoms with Crippen LogP contribution in [0.3, 0.4) is 0 Å². The molecule has 0 aliphatic heterocycles. The van der Waals surface area contributed by atoms with Gasteiger partial charge in [-0.3, -0.25) is 0 Å². The van der Waals surface area contributed by atoms with Crippen LogP contribution in [0.2, 0.25) is 0 Å². The summed E-state index contributed by atoms with van der Waals surface area (Å²) >= 11 is 0. The molecule has 1 unspecified atom stereocenters. The van der Waals surface area contributed by atoms with Gasteiger partial charge in [-0.2, -0.15) is 0 Å². The lowest BCUT2D eigenvalue weighted by molar-refractivity contribution is 0.160. The van der Waals surface area contributed by atoms with E-state index in [2.05, 4.69) is 0 Å². The average Bonchev–Trinajstić information content (AvgIpc) is 2.79. The van der Waals surface area contributed by atoms with Gasteiger partial charge in [-0.25, -0.2) is 18.0 Å². The van der Waals surface area contributed by atoms with Crippen molar-refractivity contribution in [2.45, 2.75) is 12.3 Å².